The molecular weight excluding hydrogens is 364 g/mol. The zero-order chi connectivity index (χ0) is 20.6. The number of rotatable bonds is 4. The molecule has 158 valence electrons. The van der Waals surface area contributed by atoms with Gasteiger partial charge in [-0.1, -0.05) is 6.42 Å². The average molecular weight is 396 g/mol. The van der Waals surface area contributed by atoms with Crippen LogP contribution in [-0.2, 0) is 9.53 Å². The molecule has 2 bridgehead atoms. The van der Waals surface area contributed by atoms with E-state index in [1.165, 1.54) is 4.90 Å². The van der Waals surface area contributed by atoms with E-state index in [9.17, 15) is 19.6 Å². The van der Waals surface area contributed by atoms with E-state index in [0.29, 0.717) is 25.9 Å². The normalized spacial score (nSPS) is 29.8. The van der Waals surface area contributed by atoms with E-state index in [4.69, 9.17) is 4.74 Å². The van der Waals surface area contributed by atoms with E-state index >= 15 is 0 Å². The van der Waals surface area contributed by atoms with E-state index < -0.39 is 17.7 Å². The minimum atomic E-state index is -0.545. The molecular formula is C19H32N4O5. The molecule has 9 nitrogen and oxygen atoms in total. The molecule has 4 atom stereocenters. The molecule has 0 aromatic carbocycles. The zero-order valence-corrected chi connectivity index (χ0v) is 17.2. The molecule has 4 amide bonds. The van der Waals surface area contributed by atoms with E-state index in [2.05, 4.69) is 5.32 Å². The van der Waals surface area contributed by atoms with Crippen molar-refractivity contribution in [3.05, 3.63) is 0 Å². The first-order chi connectivity index (χ1) is 13.1. The fourth-order valence-electron chi connectivity index (χ4n) is 4.41. The third-order valence-electron chi connectivity index (χ3n) is 5.85. The molecule has 2 N–H and O–H groups in total. The van der Waals surface area contributed by atoms with Crippen molar-refractivity contribution in [2.45, 2.75) is 76.6 Å². The SMILES string of the molecule is CN(CC1CCCC1NC(=O)[C@@H]1CC[C@@H]2CN1C(=O)N2O)C(=O)OC(C)(C)C. The Kier molecular flexibility index (Phi) is 5.74. The summed E-state index contributed by atoms with van der Waals surface area (Å²) in [5.41, 5.74) is -0.545. The van der Waals surface area contributed by atoms with E-state index in [0.717, 1.165) is 24.3 Å². The summed E-state index contributed by atoms with van der Waals surface area (Å²) in [6.45, 7) is 6.40. The van der Waals surface area contributed by atoms with Crippen molar-refractivity contribution >= 4 is 18.0 Å². The van der Waals surface area contributed by atoms with Gasteiger partial charge in [0, 0.05) is 26.2 Å². The molecule has 3 rings (SSSR count). The van der Waals surface area contributed by atoms with Gasteiger partial charge >= 0.3 is 12.1 Å². The smallest absolute Gasteiger partial charge is 0.410 e. The number of carbonyl (C=O) groups is 3. The van der Waals surface area contributed by atoms with Crippen LogP contribution in [0.2, 0.25) is 0 Å². The summed E-state index contributed by atoms with van der Waals surface area (Å²) in [5, 5.41) is 13.6. The molecule has 3 aliphatic rings. The van der Waals surface area contributed by atoms with E-state index in [-0.39, 0.29) is 30.0 Å². The minimum Gasteiger partial charge on any atom is -0.444 e. The molecule has 0 spiro atoms. The highest BCUT2D eigenvalue weighted by Crippen LogP contribution is 2.30. The van der Waals surface area contributed by atoms with E-state index in [1.54, 1.807) is 11.9 Å². The number of urea groups is 1. The predicted octanol–water partition coefficient (Wildman–Crippen LogP) is 1.80. The van der Waals surface area contributed by atoms with Crippen LogP contribution < -0.4 is 5.32 Å². The number of nitrogens with one attached hydrogen (secondary N) is 1. The molecule has 28 heavy (non-hydrogen) atoms. The van der Waals surface area contributed by atoms with Gasteiger partial charge in [0.1, 0.15) is 11.6 Å². The summed E-state index contributed by atoms with van der Waals surface area (Å²) >= 11 is 0. The molecule has 3 fully saturated rings. The summed E-state index contributed by atoms with van der Waals surface area (Å²) in [7, 11) is 1.71. The molecule has 0 radical (unpaired) electrons. The van der Waals surface area contributed by atoms with Crippen molar-refractivity contribution in [2.75, 3.05) is 20.1 Å². The Morgan fingerprint density at radius 1 is 1.25 bits per heavy atom. The molecule has 2 aliphatic heterocycles. The van der Waals surface area contributed by atoms with Gasteiger partial charge in [0.05, 0.1) is 6.04 Å². The highest BCUT2D eigenvalue weighted by atomic mass is 16.6. The monoisotopic (exact) mass is 396 g/mol. The zero-order valence-electron chi connectivity index (χ0n) is 17.2. The number of nitrogens with zero attached hydrogens (tertiary/aromatic N) is 3. The minimum absolute atomic E-state index is 0.0296. The van der Waals surface area contributed by atoms with Crippen molar-refractivity contribution in [3.8, 4) is 0 Å². The number of fused-ring (bicyclic) bond motifs is 2. The van der Waals surface area contributed by atoms with Crippen LogP contribution in [0.3, 0.4) is 0 Å². The van der Waals surface area contributed by atoms with Gasteiger partial charge in [0.15, 0.2) is 0 Å². The number of carbonyl (C=O) groups excluding carboxylic acids is 3. The number of hydroxylamine groups is 2. The van der Waals surface area contributed by atoms with Crippen LogP contribution in [-0.4, -0.2) is 82.0 Å². The van der Waals surface area contributed by atoms with Gasteiger partial charge in [0.25, 0.3) is 0 Å². The van der Waals surface area contributed by atoms with Crippen LogP contribution in [0.25, 0.3) is 0 Å². The second-order valence-corrected chi connectivity index (χ2v) is 9.19. The Morgan fingerprint density at radius 3 is 2.64 bits per heavy atom. The lowest BCUT2D eigenvalue weighted by Crippen LogP contribution is -2.53. The quantitative estimate of drug-likeness (QED) is 0.706. The highest BCUT2D eigenvalue weighted by molar-refractivity contribution is 5.88. The van der Waals surface area contributed by atoms with Gasteiger partial charge in [-0.3, -0.25) is 10.0 Å². The summed E-state index contributed by atoms with van der Waals surface area (Å²) in [5.74, 6) is -0.0136. The Balaban J connectivity index is 1.55. The van der Waals surface area contributed by atoms with Crippen molar-refractivity contribution in [1.82, 2.24) is 20.2 Å². The molecule has 1 saturated carbocycles. The molecule has 2 saturated heterocycles. The number of piperidine rings is 1. The number of ether oxygens (including phenoxy) is 1. The van der Waals surface area contributed by atoms with Crippen LogP contribution in [0.5, 0.6) is 0 Å². The van der Waals surface area contributed by atoms with Crippen LogP contribution in [0.15, 0.2) is 0 Å². The van der Waals surface area contributed by atoms with Crippen molar-refractivity contribution in [1.29, 1.82) is 0 Å². The summed E-state index contributed by atoms with van der Waals surface area (Å²) < 4.78 is 5.40. The summed E-state index contributed by atoms with van der Waals surface area (Å²) in [4.78, 5) is 40.2. The van der Waals surface area contributed by atoms with Crippen LogP contribution in [0, 0.1) is 5.92 Å². The summed E-state index contributed by atoms with van der Waals surface area (Å²) in [6.07, 6.45) is 3.57. The largest absolute Gasteiger partial charge is 0.444 e. The first kappa shape index (κ1) is 20.7. The van der Waals surface area contributed by atoms with Crippen LogP contribution in [0.4, 0.5) is 9.59 Å². The number of hydrogen-bond acceptors (Lipinski definition) is 5. The van der Waals surface area contributed by atoms with Gasteiger partial charge < -0.3 is 19.9 Å². The first-order valence-electron chi connectivity index (χ1n) is 10.1. The number of hydrogen-bond donors (Lipinski definition) is 2. The van der Waals surface area contributed by atoms with Crippen LogP contribution >= 0.6 is 0 Å². The molecule has 2 heterocycles. The van der Waals surface area contributed by atoms with Crippen molar-refractivity contribution < 1.29 is 24.3 Å². The fraction of sp³-hybridized carbons (Fsp3) is 0.842. The first-order valence-corrected chi connectivity index (χ1v) is 10.1. The molecule has 2 unspecified atom stereocenters. The summed E-state index contributed by atoms with van der Waals surface area (Å²) in [6, 6.07) is -1.27. The third kappa shape index (κ3) is 4.34. The molecule has 1 aliphatic carbocycles. The third-order valence-corrected chi connectivity index (χ3v) is 5.85. The molecule has 0 aromatic rings. The van der Waals surface area contributed by atoms with Crippen molar-refractivity contribution in [3.63, 3.8) is 0 Å². The lowest BCUT2D eigenvalue weighted by atomic mass is 9.98. The fourth-order valence-corrected chi connectivity index (χ4v) is 4.41. The van der Waals surface area contributed by atoms with E-state index in [1.807, 2.05) is 20.8 Å². The standard InChI is InChI=1S/C19H32N4O5/c1-19(2,3)28-18(26)21(4)10-12-6-5-7-14(12)20-16(24)15-9-8-13-11-22(15)17(25)23(13)27/h12-15,27H,5-11H2,1-4H3,(H,20,24)/t12?,13-,14?,15+/m1/s1. The van der Waals surface area contributed by atoms with Gasteiger partial charge in [-0.15, -0.1) is 0 Å². The van der Waals surface area contributed by atoms with Crippen LogP contribution in [0.1, 0.15) is 52.9 Å². The number of amides is 4. The van der Waals surface area contributed by atoms with Gasteiger partial charge in [-0.2, -0.15) is 0 Å². The Bertz CT molecular complexity index is 634. The van der Waals surface area contributed by atoms with Gasteiger partial charge in [0.2, 0.25) is 5.91 Å². The van der Waals surface area contributed by atoms with Crippen molar-refractivity contribution in [2.24, 2.45) is 5.92 Å². The predicted molar refractivity (Wildman–Crippen MR) is 101 cm³/mol. The highest BCUT2D eigenvalue weighted by Gasteiger charge is 2.47. The Labute approximate surface area is 165 Å². The maximum atomic E-state index is 12.8. The lowest BCUT2D eigenvalue weighted by Gasteiger charge is -2.32. The molecule has 9 heteroatoms. The topological polar surface area (TPSA) is 102 Å². The maximum absolute atomic E-state index is 12.8. The second kappa shape index (κ2) is 7.77. The maximum Gasteiger partial charge on any atom is 0.410 e. The van der Waals surface area contributed by atoms with Gasteiger partial charge in [-0.25, -0.2) is 14.7 Å². The lowest BCUT2D eigenvalue weighted by molar-refractivity contribution is -0.127. The Hall–Kier alpha value is -2.03. The Morgan fingerprint density at radius 2 is 1.96 bits per heavy atom. The van der Waals surface area contributed by atoms with Gasteiger partial charge in [-0.05, 0) is 52.4 Å². The second-order valence-electron chi connectivity index (χ2n) is 9.19. The molecule has 0 aromatic heterocycles. The average Bonchev–Trinajstić information content (AvgIpc) is 3.12.